The first-order valence-electron chi connectivity index (χ1n) is 7.79. The largest absolute Gasteiger partial charge is 3.00 e. The molecule has 2 rings (SSSR count). The van der Waals surface area contributed by atoms with Crippen molar-refractivity contribution in [3.8, 4) is 0 Å². The van der Waals surface area contributed by atoms with Crippen LogP contribution in [0.2, 0.25) is 0 Å². The van der Waals surface area contributed by atoms with Gasteiger partial charge >= 0.3 is 21.7 Å². The monoisotopic (exact) mass is 363 g/mol. The topological polar surface area (TPSA) is 48.4 Å². The molecule has 0 unspecified atom stereocenters. The summed E-state index contributed by atoms with van der Waals surface area (Å²) in [6.07, 6.45) is 0. The molecule has 24 heavy (non-hydrogen) atoms. The van der Waals surface area contributed by atoms with Gasteiger partial charge in [0.05, 0.1) is 6.61 Å². The molecule has 1 aliphatic carbocycles. The van der Waals surface area contributed by atoms with Crippen LogP contribution in [0.25, 0.3) is 10.6 Å². The standard InChI is InChI=1S/C16H19O.2C2H6N.Ti/c1-10-11(2)13(4)16(12(10)3)15-8-6-5-7-14(15)9-17;2*1-3-2;/h5-8,17H,9H2,1-4H3;2*1-2H3;/q;2*-1;+3. The average molecular weight is 363 g/mol. The molecule has 1 saturated carbocycles. The molecule has 1 fully saturated rings. The average Bonchev–Trinajstić information content (AvgIpc) is 2.73. The van der Waals surface area contributed by atoms with Crippen LogP contribution in [0.5, 0.6) is 0 Å². The summed E-state index contributed by atoms with van der Waals surface area (Å²) in [6, 6.07) is 8.10. The van der Waals surface area contributed by atoms with Crippen LogP contribution in [0, 0.1) is 29.6 Å². The molecule has 0 aromatic heterocycles. The fourth-order valence-electron chi connectivity index (χ4n) is 2.52. The molecule has 0 heterocycles. The number of rotatable bonds is 2. The van der Waals surface area contributed by atoms with E-state index < -0.39 is 0 Å². The van der Waals surface area contributed by atoms with Crippen molar-refractivity contribution in [3.63, 3.8) is 0 Å². The number of aliphatic hydroxyl groups excluding tert-OH is 1. The number of nitrogens with zero attached hydrogens (tertiary/aromatic N) is 2. The minimum Gasteiger partial charge on any atom is -0.668 e. The second-order valence-corrected chi connectivity index (χ2v) is 5.58. The molecule has 0 bridgehead atoms. The normalized spacial score (nSPS) is 16.7. The predicted molar refractivity (Wildman–Crippen MR) is 101 cm³/mol. The second-order valence-electron chi connectivity index (χ2n) is 5.58. The van der Waals surface area contributed by atoms with Crippen LogP contribution >= 0.6 is 0 Å². The van der Waals surface area contributed by atoms with Gasteiger partial charge in [0.15, 0.2) is 0 Å². The zero-order valence-electron chi connectivity index (χ0n) is 16.4. The molecule has 130 valence electrons. The van der Waals surface area contributed by atoms with Crippen molar-refractivity contribution in [3.05, 3.63) is 75.6 Å². The third kappa shape index (κ3) is 6.97. The SMILES string of the molecule is C[C]1[C](C)[C](C)[C](c2ccccc2CO)[C]1C.C[N-]C.C[N-]C.[Ti+3]. The van der Waals surface area contributed by atoms with Gasteiger partial charge in [-0.3, -0.25) is 0 Å². The number of benzene rings is 1. The van der Waals surface area contributed by atoms with E-state index in [1.807, 2.05) is 18.2 Å². The molecule has 6 radical (unpaired) electrons. The zero-order valence-corrected chi connectivity index (χ0v) is 17.9. The molecule has 0 aliphatic heterocycles. The summed E-state index contributed by atoms with van der Waals surface area (Å²) in [5.74, 6) is 6.70. The Hall–Kier alpha value is -0.186. The van der Waals surface area contributed by atoms with Crippen molar-refractivity contribution in [2.24, 2.45) is 0 Å². The quantitative estimate of drug-likeness (QED) is 0.759. The van der Waals surface area contributed by atoms with Crippen LogP contribution in [-0.4, -0.2) is 33.3 Å². The van der Waals surface area contributed by atoms with E-state index in [2.05, 4.69) is 44.4 Å². The molecule has 1 aromatic rings. The molecular formula is C20H31N2OTi+. The van der Waals surface area contributed by atoms with E-state index in [9.17, 15) is 5.11 Å². The smallest absolute Gasteiger partial charge is 0.668 e. The Morgan fingerprint density at radius 3 is 1.50 bits per heavy atom. The Labute approximate surface area is 164 Å². The van der Waals surface area contributed by atoms with Crippen LogP contribution < -0.4 is 0 Å². The fraction of sp³-hybridized carbons (Fsp3) is 0.450. The van der Waals surface area contributed by atoms with Crippen molar-refractivity contribution in [1.82, 2.24) is 0 Å². The van der Waals surface area contributed by atoms with Gasteiger partial charge in [0, 0.05) is 5.92 Å². The Balaban J connectivity index is 0. The molecule has 1 aromatic carbocycles. The van der Waals surface area contributed by atoms with Crippen molar-refractivity contribution in [2.75, 3.05) is 28.2 Å². The number of aliphatic hydroxyl groups is 1. The Morgan fingerprint density at radius 1 is 0.750 bits per heavy atom. The summed E-state index contributed by atoms with van der Waals surface area (Å²) in [5, 5.41) is 16.4. The minimum atomic E-state index is 0. The van der Waals surface area contributed by atoms with E-state index in [1.54, 1.807) is 28.2 Å². The van der Waals surface area contributed by atoms with Crippen LogP contribution in [0.4, 0.5) is 0 Å². The van der Waals surface area contributed by atoms with E-state index >= 15 is 0 Å². The third-order valence-corrected chi connectivity index (χ3v) is 3.89. The van der Waals surface area contributed by atoms with Gasteiger partial charge in [0.25, 0.3) is 0 Å². The number of hydrogen-bond donors (Lipinski definition) is 1. The van der Waals surface area contributed by atoms with Gasteiger partial charge in [-0.05, 0) is 34.8 Å². The Kier molecular flexibility index (Phi) is 15.2. The third-order valence-electron chi connectivity index (χ3n) is 3.89. The van der Waals surface area contributed by atoms with E-state index in [4.69, 9.17) is 0 Å². The van der Waals surface area contributed by atoms with Gasteiger partial charge in [-0.2, -0.15) is 28.2 Å². The maximum Gasteiger partial charge on any atom is 3.00 e. The summed E-state index contributed by atoms with van der Waals surface area (Å²) in [4.78, 5) is 0. The molecule has 1 aliphatic rings. The van der Waals surface area contributed by atoms with Crippen LogP contribution in [0.15, 0.2) is 24.3 Å². The van der Waals surface area contributed by atoms with Crippen molar-refractivity contribution in [1.29, 1.82) is 0 Å². The maximum absolute atomic E-state index is 9.44. The van der Waals surface area contributed by atoms with Gasteiger partial charge in [-0.1, -0.05) is 52.0 Å². The summed E-state index contributed by atoms with van der Waals surface area (Å²) < 4.78 is 0. The molecule has 3 nitrogen and oxygen atoms in total. The number of hydrogen-bond acceptors (Lipinski definition) is 1. The van der Waals surface area contributed by atoms with Crippen LogP contribution in [-0.2, 0) is 28.3 Å². The molecular weight excluding hydrogens is 332 g/mol. The van der Waals surface area contributed by atoms with Gasteiger partial charge in [0.2, 0.25) is 0 Å². The summed E-state index contributed by atoms with van der Waals surface area (Å²) >= 11 is 0. The minimum absolute atomic E-state index is 0. The van der Waals surface area contributed by atoms with E-state index in [0.717, 1.165) is 5.56 Å². The molecule has 0 amide bonds. The second kappa shape index (κ2) is 14.0. The van der Waals surface area contributed by atoms with Crippen molar-refractivity contribution in [2.45, 2.75) is 34.3 Å². The van der Waals surface area contributed by atoms with Crippen LogP contribution in [0.3, 0.4) is 0 Å². The molecule has 1 N–H and O–H groups in total. The maximum atomic E-state index is 9.44. The fourth-order valence-corrected chi connectivity index (χ4v) is 2.52. The first kappa shape index (κ1) is 26.0. The summed E-state index contributed by atoms with van der Waals surface area (Å²) in [7, 11) is 7.00. The molecule has 0 atom stereocenters. The summed E-state index contributed by atoms with van der Waals surface area (Å²) in [6.45, 7) is 8.77. The zero-order chi connectivity index (χ0) is 18.0. The van der Waals surface area contributed by atoms with Crippen LogP contribution in [0.1, 0.15) is 38.8 Å². The van der Waals surface area contributed by atoms with E-state index in [1.165, 1.54) is 35.2 Å². The van der Waals surface area contributed by atoms with E-state index in [-0.39, 0.29) is 28.3 Å². The van der Waals surface area contributed by atoms with Gasteiger partial charge in [-0.25, -0.2) is 0 Å². The van der Waals surface area contributed by atoms with Crippen molar-refractivity contribution >= 4 is 0 Å². The molecule has 0 saturated heterocycles. The Morgan fingerprint density at radius 2 is 1.12 bits per heavy atom. The molecule has 0 spiro atoms. The first-order chi connectivity index (χ1) is 10.9. The van der Waals surface area contributed by atoms with E-state index in [0.29, 0.717) is 0 Å². The predicted octanol–water partition coefficient (Wildman–Crippen LogP) is 4.73. The van der Waals surface area contributed by atoms with Gasteiger partial charge < -0.3 is 15.7 Å². The Bertz CT molecular complexity index is 412. The van der Waals surface area contributed by atoms with Gasteiger partial charge in [-0.15, -0.1) is 0 Å². The van der Waals surface area contributed by atoms with Gasteiger partial charge in [0.1, 0.15) is 0 Å². The first-order valence-corrected chi connectivity index (χ1v) is 7.79. The summed E-state index contributed by atoms with van der Waals surface area (Å²) in [5.41, 5.74) is 2.17. The molecule has 4 heteroatoms. The van der Waals surface area contributed by atoms with Crippen molar-refractivity contribution < 1.29 is 26.8 Å².